The van der Waals surface area contributed by atoms with E-state index in [1.165, 1.54) is 161 Å². The zero-order chi connectivity index (χ0) is 66.6. The lowest BCUT2D eigenvalue weighted by Crippen LogP contribution is -2.30. The largest absolute Gasteiger partial charge is 0.472 e. The fraction of sp³-hybridized carbons (Fsp3) is 0.944. The quantitative estimate of drug-likeness (QED) is 0.0222. The van der Waals surface area contributed by atoms with E-state index in [9.17, 15) is 43.2 Å². The van der Waals surface area contributed by atoms with Crippen LogP contribution in [0, 0.1) is 17.8 Å². The van der Waals surface area contributed by atoms with Gasteiger partial charge in [-0.05, 0) is 43.4 Å². The van der Waals surface area contributed by atoms with Crippen LogP contribution in [0.5, 0.6) is 0 Å². The van der Waals surface area contributed by atoms with E-state index in [0.717, 1.165) is 114 Å². The normalized spacial score (nSPS) is 14.8. The van der Waals surface area contributed by atoms with Gasteiger partial charge in [0.1, 0.15) is 19.3 Å². The summed E-state index contributed by atoms with van der Waals surface area (Å²) in [5, 5.41) is 10.6. The molecule has 90 heavy (non-hydrogen) atoms. The van der Waals surface area contributed by atoms with E-state index in [0.29, 0.717) is 25.7 Å². The molecule has 4 unspecified atom stereocenters. The van der Waals surface area contributed by atoms with Gasteiger partial charge in [0, 0.05) is 25.7 Å². The van der Waals surface area contributed by atoms with Gasteiger partial charge < -0.3 is 33.8 Å². The molecule has 0 amide bonds. The molecule has 0 aromatic rings. The van der Waals surface area contributed by atoms with Gasteiger partial charge in [0.2, 0.25) is 0 Å². The Morgan fingerprint density at radius 1 is 0.322 bits per heavy atom. The molecule has 0 fully saturated rings. The first kappa shape index (κ1) is 88.1. The number of unbranched alkanes of at least 4 members (excludes halogenated alkanes) is 35. The molecule has 0 radical (unpaired) electrons. The minimum Gasteiger partial charge on any atom is -0.462 e. The van der Waals surface area contributed by atoms with E-state index < -0.39 is 97.5 Å². The van der Waals surface area contributed by atoms with Crippen LogP contribution in [0.2, 0.25) is 0 Å². The molecule has 0 saturated carbocycles. The number of ether oxygens (including phenoxy) is 4. The maximum Gasteiger partial charge on any atom is 0.472 e. The molecule has 0 aliphatic rings. The predicted molar refractivity (Wildman–Crippen MR) is 363 cm³/mol. The number of phosphoric acid groups is 2. The summed E-state index contributed by atoms with van der Waals surface area (Å²) in [5.41, 5.74) is 0. The highest BCUT2D eigenvalue weighted by Crippen LogP contribution is 2.45. The lowest BCUT2D eigenvalue weighted by Gasteiger charge is -2.21. The van der Waals surface area contributed by atoms with E-state index >= 15 is 0 Å². The molecule has 17 nitrogen and oxygen atoms in total. The van der Waals surface area contributed by atoms with Crippen molar-refractivity contribution in [1.29, 1.82) is 0 Å². The monoisotopic (exact) mass is 1320 g/mol. The van der Waals surface area contributed by atoms with Crippen LogP contribution in [-0.4, -0.2) is 96.7 Å². The third-order valence-corrected chi connectivity index (χ3v) is 19.0. The molecule has 0 aromatic carbocycles. The van der Waals surface area contributed by atoms with Gasteiger partial charge in [-0.2, -0.15) is 0 Å². The average Bonchev–Trinajstić information content (AvgIpc) is 3.70. The van der Waals surface area contributed by atoms with Crippen LogP contribution >= 0.6 is 15.6 Å². The molecule has 3 N–H and O–H groups in total. The first-order chi connectivity index (χ1) is 43.3. The van der Waals surface area contributed by atoms with Crippen LogP contribution < -0.4 is 0 Å². The number of carbonyl (C=O) groups excluding carboxylic acids is 4. The molecule has 0 bridgehead atoms. The van der Waals surface area contributed by atoms with Crippen molar-refractivity contribution in [2.45, 2.75) is 375 Å². The van der Waals surface area contributed by atoms with E-state index in [1.54, 1.807) is 0 Å². The number of hydrogen-bond donors (Lipinski definition) is 3. The molecule has 0 aromatic heterocycles. The standard InChI is InChI=1S/C71H138O17P2/c1-8-11-12-13-14-15-18-26-31-40-47-54-70(75)88-67(59-82-69(74)53-46-39-34-33-37-44-51-64(7)10-3)61-86-90(79,80)84-57-65(72)56-83-89(77,78)85-60-66(58-81-68(73)52-45-38-30-25-22-21-24-29-36-43-50-63(6)9-2)87-71(76)55-48-41-32-27-20-17-16-19-23-28-35-42-49-62(4)5/h62-67,72H,8-61H2,1-7H3,(H,77,78)(H,79,80)/t63?,64?,65-,66-,67-/m1/s1. The molecule has 0 aliphatic carbocycles. The number of aliphatic hydroxyl groups excluding tert-OH is 1. The van der Waals surface area contributed by atoms with Crippen LogP contribution in [0.25, 0.3) is 0 Å². The topological polar surface area (TPSA) is 237 Å². The Morgan fingerprint density at radius 3 is 0.844 bits per heavy atom. The highest BCUT2D eigenvalue weighted by Gasteiger charge is 2.30. The summed E-state index contributed by atoms with van der Waals surface area (Å²) in [4.78, 5) is 72.6. The first-order valence-corrected chi connectivity index (χ1v) is 39.9. The van der Waals surface area contributed by atoms with Crippen LogP contribution in [0.1, 0.15) is 357 Å². The van der Waals surface area contributed by atoms with Crippen LogP contribution in [0.4, 0.5) is 0 Å². The fourth-order valence-corrected chi connectivity index (χ4v) is 12.2. The fourth-order valence-electron chi connectivity index (χ4n) is 10.7. The highest BCUT2D eigenvalue weighted by atomic mass is 31.2. The predicted octanol–water partition coefficient (Wildman–Crippen LogP) is 20.2. The third kappa shape index (κ3) is 62.2. The van der Waals surface area contributed by atoms with E-state index in [1.807, 2.05) is 0 Å². The number of hydrogen-bond acceptors (Lipinski definition) is 15. The number of esters is 4. The molecule has 19 heteroatoms. The first-order valence-electron chi connectivity index (χ1n) is 36.9. The number of phosphoric ester groups is 2. The van der Waals surface area contributed by atoms with Gasteiger partial charge in [-0.25, -0.2) is 9.13 Å². The molecule has 0 heterocycles. The Morgan fingerprint density at radius 2 is 0.567 bits per heavy atom. The Bertz CT molecular complexity index is 1770. The molecule has 534 valence electrons. The Labute approximate surface area is 549 Å². The van der Waals surface area contributed by atoms with Crippen LogP contribution in [-0.2, 0) is 65.4 Å². The minimum atomic E-state index is -4.95. The van der Waals surface area contributed by atoms with Crippen molar-refractivity contribution < 1.29 is 80.2 Å². The summed E-state index contributed by atoms with van der Waals surface area (Å²) in [7, 11) is -9.90. The molecule has 7 atom stereocenters. The maximum absolute atomic E-state index is 13.0. The minimum absolute atomic E-state index is 0.106. The van der Waals surface area contributed by atoms with Gasteiger partial charge in [0.05, 0.1) is 26.4 Å². The second-order valence-electron chi connectivity index (χ2n) is 26.6. The summed E-state index contributed by atoms with van der Waals surface area (Å²) in [6.45, 7) is 11.9. The van der Waals surface area contributed by atoms with Gasteiger partial charge in [-0.15, -0.1) is 0 Å². The number of carbonyl (C=O) groups is 4. The summed E-state index contributed by atoms with van der Waals surface area (Å²) in [6.07, 6.45) is 45.6. The highest BCUT2D eigenvalue weighted by molar-refractivity contribution is 7.47. The summed E-state index contributed by atoms with van der Waals surface area (Å²) < 4.78 is 68.3. The van der Waals surface area contributed by atoms with Gasteiger partial charge in [-0.3, -0.25) is 37.3 Å². The Balaban J connectivity index is 5.26. The number of rotatable bonds is 69. The van der Waals surface area contributed by atoms with Gasteiger partial charge in [0.25, 0.3) is 0 Å². The average molecular weight is 1330 g/mol. The zero-order valence-corrected chi connectivity index (χ0v) is 60.4. The van der Waals surface area contributed by atoms with Gasteiger partial charge >= 0.3 is 39.5 Å². The third-order valence-electron chi connectivity index (χ3n) is 17.1. The zero-order valence-electron chi connectivity index (χ0n) is 58.6. The second-order valence-corrected chi connectivity index (χ2v) is 29.5. The molecule has 0 rings (SSSR count). The van der Waals surface area contributed by atoms with Crippen molar-refractivity contribution in [1.82, 2.24) is 0 Å². The van der Waals surface area contributed by atoms with Crippen LogP contribution in [0.3, 0.4) is 0 Å². The van der Waals surface area contributed by atoms with Crippen molar-refractivity contribution in [2.75, 3.05) is 39.6 Å². The second kappa shape index (κ2) is 61.9. The molecular weight excluding hydrogens is 1190 g/mol. The smallest absolute Gasteiger partial charge is 0.462 e. The van der Waals surface area contributed by atoms with Gasteiger partial charge in [-0.1, -0.05) is 305 Å². The van der Waals surface area contributed by atoms with Crippen LogP contribution in [0.15, 0.2) is 0 Å². The molecular formula is C71H138O17P2. The summed E-state index contributed by atoms with van der Waals surface area (Å²) >= 11 is 0. The van der Waals surface area contributed by atoms with Gasteiger partial charge in [0.15, 0.2) is 12.2 Å². The Hall–Kier alpha value is -1.94. The van der Waals surface area contributed by atoms with Crippen molar-refractivity contribution in [3.8, 4) is 0 Å². The lowest BCUT2D eigenvalue weighted by atomic mass is 9.99. The SMILES string of the molecule is CCCCCCCCCCCCCC(=O)O[C@H](COC(=O)CCCCCCCCC(C)CC)COP(=O)(O)OC[C@H](O)COP(=O)(O)OC[C@@H](COC(=O)CCCCCCCCCCCCC(C)CC)OC(=O)CCCCCCCCCCCCCCC(C)C. The van der Waals surface area contributed by atoms with Crippen molar-refractivity contribution >= 4 is 39.5 Å². The Kier molecular flexibility index (Phi) is 60.6. The van der Waals surface area contributed by atoms with E-state index in [2.05, 4.69) is 48.5 Å². The lowest BCUT2D eigenvalue weighted by molar-refractivity contribution is -0.161. The molecule has 0 aliphatic heterocycles. The number of aliphatic hydroxyl groups is 1. The summed E-state index contributed by atoms with van der Waals surface area (Å²) in [5.74, 6) is 0.193. The maximum atomic E-state index is 13.0. The van der Waals surface area contributed by atoms with Crippen molar-refractivity contribution in [2.24, 2.45) is 17.8 Å². The van der Waals surface area contributed by atoms with Crippen molar-refractivity contribution in [3.63, 3.8) is 0 Å². The van der Waals surface area contributed by atoms with E-state index in [-0.39, 0.29) is 25.7 Å². The van der Waals surface area contributed by atoms with E-state index in [4.69, 9.17) is 37.0 Å². The summed E-state index contributed by atoms with van der Waals surface area (Å²) in [6, 6.07) is 0. The van der Waals surface area contributed by atoms with Crippen molar-refractivity contribution in [3.05, 3.63) is 0 Å². The molecule has 0 spiro atoms. The molecule has 0 saturated heterocycles.